The highest BCUT2D eigenvalue weighted by molar-refractivity contribution is 7.80. The van der Waals surface area contributed by atoms with Crippen molar-refractivity contribution in [2.75, 3.05) is 13.2 Å². The zero-order chi connectivity index (χ0) is 31.6. The van der Waals surface area contributed by atoms with Crippen molar-refractivity contribution in [2.24, 2.45) is 16.5 Å². The van der Waals surface area contributed by atoms with E-state index >= 15 is 0 Å². The fraction of sp³-hybridized carbons (Fsp3) is 0.531. The molecule has 0 bridgehead atoms. The van der Waals surface area contributed by atoms with Crippen molar-refractivity contribution in [3.63, 3.8) is 0 Å². The number of amides is 1. The fourth-order valence-electron chi connectivity index (χ4n) is 6.95. The average Bonchev–Trinajstić information content (AvgIpc) is 2.95. The summed E-state index contributed by atoms with van der Waals surface area (Å²) < 4.78 is 25.2. The molecule has 0 aromatic heterocycles. The highest BCUT2D eigenvalue weighted by atomic mass is 35.5. The Labute approximate surface area is 265 Å². The Balaban J connectivity index is 1.64. The summed E-state index contributed by atoms with van der Waals surface area (Å²) in [6.45, 7) is 12.2. The molecule has 1 fully saturated rings. The first kappa shape index (κ1) is 33.6. The van der Waals surface area contributed by atoms with E-state index in [1.807, 2.05) is 6.92 Å². The minimum atomic E-state index is -3.76. The van der Waals surface area contributed by atoms with Gasteiger partial charge in [-0.15, -0.1) is 0 Å². The zero-order valence-corrected chi connectivity index (χ0v) is 28.2. The molecular weight excluding hydrogens is 605 g/mol. The van der Waals surface area contributed by atoms with Crippen LogP contribution in [-0.4, -0.2) is 35.2 Å². The summed E-state index contributed by atoms with van der Waals surface area (Å²) in [5.74, 6) is -1.04. The van der Waals surface area contributed by atoms with E-state index in [0.29, 0.717) is 35.1 Å². The van der Waals surface area contributed by atoms with Crippen LogP contribution in [0.4, 0.5) is 0 Å². The Morgan fingerprint density at radius 1 is 1.14 bits per heavy atom. The van der Waals surface area contributed by atoms with Crippen LogP contribution in [0, 0.1) is 11.3 Å². The number of nitrogens with one attached hydrogen (secondary N) is 2. The molecule has 0 saturated heterocycles. The maximum atomic E-state index is 14.2. The molecule has 11 heteroatoms. The predicted octanol–water partition coefficient (Wildman–Crippen LogP) is 8.07. The van der Waals surface area contributed by atoms with Crippen LogP contribution in [0.2, 0.25) is 5.02 Å². The molecule has 2 aromatic rings. The SMILES string of the molecule is CCOP(=O)(OCC)C(NC(=S)NC(=O)[C@]1(C)CCC[C@]2(C)c3ccc(C(C)C)cc3/C(=N\O)C[C@@H]12)c1cccc(Cl)c1. The third-order valence-electron chi connectivity index (χ3n) is 9.20. The Bertz CT molecular complexity index is 1440. The molecule has 234 valence electrons. The van der Waals surface area contributed by atoms with Gasteiger partial charge in [0.15, 0.2) is 10.9 Å². The second kappa shape index (κ2) is 13.4. The molecule has 1 unspecified atom stereocenters. The van der Waals surface area contributed by atoms with Gasteiger partial charge in [-0.25, -0.2) is 0 Å². The van der Waals surface area contributed by atoms with Crippen molar-refractivity contribution in [3.8, 4) is 0 Å². The zero-order valence-electron chi connectivity index (χ0n) is 25.8. The first-order chi connectivity index (χ1) is 20.3. The van der Waals surface area contributed by atoms with E-state index < -0.39 is 18.8 Å². The number of fused-ring (bicyclic) bond motifs is 3. The molecule has 0 spiro atoms. The molecule has 2 aliphatic rings. The van der Waals surface area contributed by atoms with Gasteiger partial charge in [0.05, 0.1) is 24.3 Å². The van der Waals surface area contributed by atoms with E-state index in [9.17, 15) is 14.6 Å². The number of rotatable bonds is 9. The molecular formula is C32H43ClN3O5PS. The lowest BCUT2D eigenvalue weighted by Crippen LogP contribution is -2.58. The number of carbonyl (C=O) groups excluding carboxylic acids is 1. The molecule has 1 amide bonds. The minimum absolute atomic E-state index is 0.0111. The Kier molecular flexibility index (Phi) is 10.4. The maximum Gasteiger partial charge on any atom is 0.357 e. The van der Waals surface area contributed by atoms with Crippen molar-refractivity contribution < 1.29 is 23.6 Å². The lowest BCUT2D eigenvalue weighted by Gasteiger charge is -2.54. The van der Waals surface area contributed by atoms with E-state index in [1.54, 1.807) is 38.1 Å². The van der Waals surface area contributed by atoms with Gasteiger partial charge in [0.2, 0.25) is 5.91 Å². The molecule has 43 heavy (non-hydrogen) atoms. The molecule has 0 aliphatic heterocycles. The summed E-state index contributed by atoms with van der Waals surface area (Å²) in [5.41, 5.74) is 3.27. The second-order valence-corrected chi connectivity index (χ2v) is 15.2. The first-order valence-corrected chi connectivity index (χ1v) is 17.3. The Hall–Kier alpha value is -2.29. The summed E-state index contributed by atoms with van der Waals surface area (Å²) in [6, 6.07) is 13.3. The highest BCUT2D eigenvalue weighted by Gasteiger charge is 2.56. The Morgan fingerprint density at radius 3 is 2.44 bits per heavy atom. The number of benzene rings is 2. The number of halogens is 1. The van der Waals surface area contributed by atoms with Crippen LogP contribution in [0.1, 0.15) is 101 Å². The summed E-state index contributed by atoms with van der Waals surface area (Å²) in [5, 5.41) is 20.2. The van der Waals surface area contributed by atoms with Crippen molar-refractivity contribution in [2.45, 2.75) is 84.3 Å². The largest absolute Gasteiger partial charge is 0.411 e. The van der Waals surface area contributed by atoms with Crippen molar-refractivity contribution in [1.29, 1.82) is 0 Å². The van der Waals surface area contributed by atoms with E-state index in [0.717, 1.165) is 24.0 Å². The van der Waals surface area contributed by atoms with Crippen molar-refractivity contribution in [1.82, 2.24) is 10.6 Å². The quantitative estimate of drug-likeness (QED) is 0.109. The number of thiocarbonyl (C=S) groups is 1. The number of carbonyl (C=O) groups is 1. The monoisotopic (exact) mass is 647 g/mol. The van der Waals surface area contributed by atoms with Gasteiger partial charge in [0.25, 0.3) is 0 Å². The van der Waals surface area contributed by atoms with Gasteiger partial charge < -0.3 is 24.9 Å². The van der Waals surface area contributed by atoms with Crippen LogP contribution >= 0.6 is 31.4 Å². The molecule has 0 heterocycles. The number of oxime groups is 1. The van der Waals surface area contributed by atoms with Gasteiger partial charge in [0.1, 0.15) is 0 Å². The third kappa shape index (κ3) is 6.57. The maximum absolute atomic E-state index is 14.2. The number of nitrogens with zero attached hydrogens (tertiary/aromatic N) is 1. The van der Waals surface area contributed by atoms with Crippen LogP contribution in [0.15, 0.2) is 47.6 Å². The molecule has 2 aromatic carbocycles. The van der Waals surface area contributed by atoms with E-state index in [2.05, 4.69) is 54.8 Å². The van der Waals surface area contributed by atoms with Gasteiger partial charge >= 0.3 is 7.60 Å². The second-order valence-electron chi connectivity index (χ2n) is 12.2. The predicted molar refractivity (Wildman–Crippen MR) is 175 cm³/mol. The molecule has 0 radical (unpaired) electrons. The van der Waals surface area contributed by atoms with E-state index in [1.165, 1.54) is 5.56 Å². The number of hydrogen-bond donors (Lipinski definition) is 3. The highest BCUT2D eigenvalue weighted by Crippen LogP contribution is 2.60. The topological polar surface area (TPSA) is 109 Å². The first-order valence-electron chi connectivity index (χ1n) is 14.9. The van der Waals surface area contributed by atoms with Crippen LogP contribution in [0.5, 0.6) is 0 Å². The lowest BCUT2D eigenvalue weighted by molar-refractivity contribution is -0.136. The van der Waals surface area contributed by atoms with Crippen molar-refractivity contribution >= 4 is 48.1 Å². The van der Waals surface area contributed by atoms with E-state index in [4.69, 9.17) is 32.9 Å². The normalized spacial score (nSPS) is 25.1. The lowest BCUT2D eigenvalue weighted by atomic mass is 9.49. The van der Waals surface area contributed by atoms with Crippen LogP contribution < -0.4 is 10.6 Å². The molecule has 2 aliphatic carbocycles. The van der Waals surface area contributed by atoms with Gasteiger partial charge in [-0.05, 0) is 97.5 Å². The fourth-order valence-corrected chi connectivity index (χ4v) is 9.35. The van der Waals surface area contributed by atoms with Gasteiger partial charge in [0, 0.05) is 10.6 Å². The summed E-state index contributed by atoms with van der Waals surface area (Å²) in [7, 11) is -3.76. The molecule has 4 rings (SSSR count). The molecule has 8 nitrogen and oxygen atoms in total. The Morgan fingerprint density at radius 2 is 1.84 bits per heavy atom. The number of hydrogen-bond acceptors (Lipinski definition) is 7. The van der Waals surface area contributed by atoms with Gasteiger partial charge in [-0.1, -0.05) is 75.1 Å². The summed E-state index contributed by atoms with van der Waals surface area (Å²) in [6.07, 6.45) is 2.87. The minimum Gasteiger partial charge on any atom is -0.411 e. The van der Waals surface area contributed by atoms with Crippen LogP contribution in [0.25, 0.3) is 0 Å². The van der Waals surface area contributed by atoms with Gasteiger partial charge in [-0.2, -0.15) is 0 Å². The van der Waals surface area contributed by atoms with Crippen LogP contribution in [-0.2, 0) is 23.8 Å². The summed E-state index contributed by atoms with van der Waals surface area (Å²) >= 11 is 11.9. The summed E-state index contributed by atoms with van der Waals surface area (Å²) in [4.78, 5) is 14.2. The average molecular weight is 648 g/mol. The van der Waals surface area contributed by atoms with Gasteiger partial charge in [-0.3, -0.25) is 9.36 Å². The van der Waals surface area contributed by atoms with E-state index in [-0.39, 0.29) is 35.6 Å². The third-order valence-corrected chi connectivity index (χ3v) is 11.9. The molecule has 4 atom stereocenters. The van der Waals surface area contributed by atoms with Crippen LogP contribution in [0.3, 0.4) is 0 Å². The molecule has 3 N–H and O–H groups in total. The smallest absolute Gasteiger partial charge is 0.357 e. The molecule has 1 saturated carbocycles. The standard InChI is InChI=1S/C32H43ClN3O5PS/c1-7-40-42(39,41-8-2)28(22-11-9-12-23(33)17-22)34-30(43)35-29(37)32(6)16-10-15-31(5)25-14-13-21(20(3)4)18-24(25)26(36-38)19-27(31)32/h9,11-14,17-18,20,27-28,38H,7-8,10,15-16,19H2,1-6H3,(H2,34,35,37,43)/b36-26-/t27-,28?,31-,32-/m1/s1. The van der Waals surface area contributed by atoms with Crippen molar-refractivity contribution in [3.05, 3.63) is 69.7 Å².